The first-order valence-electron chi connectivity index (χ1n) is 12.9. The fourth-order valence-corrected chi connectivity index (χ4v) is 4.62. The number of methoxy groups -OCH3 is 1. The van der Waals surface area contributed by atoms with Crippen LogP contribution in [-0.4, -0.2) is 28.5 Å². The maximum Gasteiger partial charge on any atom is 0.418 e. The molecule has 0 fully saturated rings. The number of rotatable bonds is 8. The van der Waals surface area contributed by atoms with Gasteiger partial charge in [0.1, 0.15) is 11.3 Å². The van der Waals surface area contributed by atoms with Crippen molar-refractivity contribution >= 4 is 28.2 Å². The van der Waals surface area contributed by atoms with Gasteiger partial charge in [0.15, 0.2) is 5.60 Å². The third-order valence-corrected chi connectivity index (χ3v) is 6.60. The lowest BCUT2D eigenvalue weighted by atomic mass is 10.0. The molecule has 6 nitrogen and oxygen atoms in total. The number of hydrogen-bond acceptors (Lipinski definition) is 5. The molecule has 0 saturated carbocycles. The molecular formula is C32H28F3N3O3. The minimum atomic E-state index is -4.52. The Bertz CT molecular complexity index is 1660. The molecule has 0 amide bonds. The zero-order valence-corrected chi connectivity index (χ0v) is 22.7. The molecule has 1 heterocycles. The van der Waals surface area contributed by atoms with Crippen LogP contribution in [0.2, 0.25) is 0 Å². The van der Waals surface area contributed by atoms with Crippen LogP contribution < -0.4 is 10.1 Å². The summed E-state index contributed by atoms with van der Waals surface area (Å²) in [6, 6.07) is 28.2. The summed E-state index contributed by atoms with van der Waals surface area (Å²) in [6.07, 6.45) is -4.52. The average molecular weight is 560 g/mol. The smallest absolute Gasteiger partial charge is 0.418 e. The van der Waals surface area contributed by atoms with Gasteiger partial charge in [-0.2, -0.15) is 18.3 Å². The van der Waals surface area contributed by atoms with E-state index < -0.39 is 23.3 Å². The lowest BCUT2D eigenvalue weighted by Gasteiger charge is -2.23. The number of benzene rings is 4. The Morgan fingerprint density at radius 2 is 1.49 bits per heavy atom. The predicted octanol–water partition coefficient (Wildman–Crippen LogP) is 7.84. The van der Waals surface area contributed by atoms with Gasteiger partial charge in [-0.25, -0.2) is 4.79 Å². The second-order valence-electron chi connectivity index (χ2n) is 10.0. The molecule has 5 rings (SSSR count). The van der Waals surface area contributed by atoms with Crippen LogP contribution in [0.3, 0.4) is 0 Å². The average Bonchev–Trinajstić information content (AvgIpc) is 3.31. The second-order valence-corrected chi connectivity index (χ2v) is 10.0. The van der Waals surface area contributed by atoms with E-state index in [4.69, 9.17) is 9.47 Å². The zero-order chi connectivity index (χ0) is 29.2. The lowest BCUT2D eigenvalue weighted by molar-refractivity contribution is -0.156. The quantitative estimate of drug-likeness (QED) is 0.196. The summed E-state index contributed by atoms with van der Waals surface area (Å²) in [5, 5.41) is 8.17. The van der Waals surface area contributed by atoms with E-state index >= 15 is 0 Å². The van der Waals surface area contributed by atoms with Gasteiger partial charge in [0.05, 0.1) is 24.9 Å². The van der Waals surface area contributed by atoms with Gasteiger partial charge in [0, 0.05) is 22.3 Å². The first kappa shape index (κ1) is 27.8. The van der Waals surface area contributed by atoms with Crippen LogP contribution in [0.15, 0.2) is 97.1 Å². The van der Waals surface area contributed by atoms with Gasteiger partial charge in [-0.3, -0.25) is 4.68 Å². The van der Waals surface area contributed by atoms with Crippen molar-refractivity contribution < 1.29 is 27.4 Å². The summed E-state index contributed by atoms with van der Waals surface area (Å²) < 4.78 is 53.6. The Balaban J connectivity index is 1.43. The van der Waals surface area contributed by atoms with Gasteiger partial charge in [0.2, 0.25) is 0 Å². The molecule has 9 heteroatoms. The Morgan fingerprint density at radius 1 is 0.854 bits per heavy atom. The van der Waals surface area contributed by atoms with Gasteiger partial charge in [-0.1, -0.05) is 54.6 Å². The number of carbonyl (C=O) groups excluding carboxylic acids is 1. The fourth-order valence-electron chi connectivity index (χ4n) is 4.62. The van der Waals surface area contributed by atoms with Gasteiger partial charge in [-0.15, -0.1) is 0 Å². The van der Waals surface area contributed by atoms with Gasteiger partial charge in [0.25, 0.3) is 0 Å². The number of halogens is 3. The van der Waals surface area contributed by atoms with Crippen molar-refractivity contribution in [2.24, 2.45) is 0 Å². The van der Waals surface area contributed by atoms with Crippen LogP contribution in [0.1, 0.15) is 25.0 Å². The van der Waals surface area contributed by atoms with Crippen molar-refractivity contribution in [3.63, 3.8) is 0 Å². The van der Waals surface area contributed by atoms with E-state index in [2.05, 4.69) is 10.4 Å². The molecule has 210 valence electrons. The van der Waals surface area contributed by atoms with E-state index in [1.807, 2.05) is 66.7 Å². The van der Waals surface area contributed by atoms with E-state index in [0.29, 0.717) is 23.4 Å². The predicted molar refractivity (Wildman–Crippen MR) is 152 cm³/mol. The SMILES string of the molecule is COC(=O)C(C)(C)Oc1ccc(Nc2ccc(-c3c4cccc(C(F)(F)F)c4nn3Cc3ccccc3)cc2)cc1. The number of alkyl halides is 3. The Kier molecular flexibility index (Phi) is 7.45. The molecular weight excluding hydrogens is 531 g/mol. The van der Waals surface area contributed by atoms with E-state index in [-0.39, 0.29) is 5.52 Å². The second kappa shape index (κ2) is 11.0. The van der Waals surface area contributed by atoms with Crippen molar-refractivity contribution in [1.29, 1.82) is 0 Å². The van der Waals surface area contributed by atoms with Crippen molar-refractivity contribution in [2.75, 3.05) is 12.4 Å². The fraction of sp³-hybridized carbons (Fsp3) is 0.188. The standard InChI is InChI=1S/C32H28F3N3O3/c1-31(2,30(39)40-3)41-25-18-16-24(17-19-25)36-23-14-12-22(13-15-23)29-26-10-7-11-27(32(33,34)35)28(26)37-38(29)20-21-8-5-4-6-9-21/h4-19,36H,20H2,1-3H3. The van der Waals surface area contributed by atoms with Crippen molar-refractivity contribution in [2.45, 2.75) is 32.2 Å². The number of fused-ring (bicyclic) bond motifs is 1. The molecule has 1 N–H and O–H groups in total. The highest BCUT2D eigenvalue weighted by atomic mass is 19.4. The van der Waals surface area contributed by atoms with Crippen molar-refractivity contribution in [3.8, 4) is 17.0 Å². The number of nitrogens with zero attached hydrogens (tertiary/aromatic N) is 2. The molecule has 0 bridgehead atoms. The third-order valence-electron chi connectivity index (χ3n) is 6.60. The number of carbonyl (C=O) groups is 1. The summed E-state index contributed by atoms with van der Waals surface area (Å²) in [5.41, 5.74) is 1.88. The molecule has 5 aromatic rings. The third kappa shape index (κ3) is 6.04. The summed E-state index contributed by atoms with van der Waals surface area (Å²) in [6.45, 7) is 3.58. The van der Waals surface area contributed by atoms with Crippen LogP contribution >= 0.6 is 0 Å². The largest absolute Gasteiger partial charge is 0.476 e. The highest BCUT2D eigenvalue weighted by molar-refractivity contribution is 5.95. The molecule has 0 saturated heterocycles. The van der Waals surface area contributed by atoms with Crippen LogP contribution in [0.5, 0.6) is 5.75 Å². The molecule has 0 aliphatic rings. The first-order chi connectivity index (χ1) is 19.5. The van der Waals surface area contributed by atoms with E-state index in [9.17, 15) is 18.0 Å². The van der Waals surface area contributed by atoms with Crippen LogP contribution in [0.4, 0.5) is 24.5 Å². The highest BCUT2D eigenvalue weighted by Crippen LogP contribution is 2.38. The molecule has 0 unspecified atom stereocenters. The van der Waals surface area contributed by atoms with Crippen molar-refractivity contribution in [1.82, 2.24) is 9.78 Å². The molecule has 0 radical (unpaired) electrons. The van der Waals surface area contributed by atoms with Gasteiger partial charge < -0.3 is 14.8 Å². The maximum atomic E-state index is 13.8. The van der Waals surface area contributed by atoms with Crippen LogP contribution in [0.25, 0.3) is 22.2 Å². The topological polar surface area (TPSA) is 65.4 Å². The molecule has 1 aromatic heterocycles. The number of nitrogens with one attached hydrogen (secondary N) is 1. The monoisotopic (exact) mass is 559 g/mol. The summed E-state index contributed by atoms with van der Waals surface area (Å²) in [7, 11) is 1.31. The molecule has 0 atom stereocenters. The summed E-state index contributed by atoms with van der Waals surface area (Å²) in [5.74, 6) is 0.0328. The van der Waals surface area contributed by atoms with Gasteiger partial charge >= 0.3 is 12.1 Å². The van der Waals surface area contributed by atoms with E-state index in [1.165, 1.54) is 13.2 Å². The van der Waals surface area contributed by atoms with Gasteiger partial charge in [-0.05, 0) is 61.9 Å². The molecule has 4 aromatic carbocycles. The summed E-state index contributed by atoms with van der Waals surface area (Å²) >= 11 is 0. The Labute approximate surface area is 235 Å². The van der Waals surface area contributed by atoms with Crippen molar-refractivity contribution in [3.05, 3.63) is 108 Å². The first-order valence-corrected chi connectivity index (χ1v) is 12.9. The lowest BCUT2D eigenvalue weighted by Crippen LogP contribution is -2.39. The summed E-state index contributed by atoms with van der Waals surface area (Å²) in [4.78, 5) is 11.9. The normalized spacial score (nSPS) is 11.9. The number of esters is 1. The van der Waals surface area contributed by atoms with Crippen LogP contribution in [-0.2, 0) is 22.3 Å². The number of anilines is 2. The number of hydrogen-bond donors (Lipinski definition) is 1. The van der Waals surface area contributed by atoms with E-state index in [0.717, 1.165) is 28.6 Å². The molecule has 0 spiro atoms. The minimum Gasteiger partial charge on any atom is -0.476 e. The molecule has 0 aliphatic heterocycles. The molecule has 41 heavy (non-hydrogen) atoms. The maximum absolute atomic E-state index is 13.8. The van der Waals surface area contributed by atoms with Crippen LogP contribution in [0, 0.1) is 0 Å². The Hall–Kier alpha value is -4.79. The molecule has 0 aliphatic carbocycles. The highest BCUT2D eigenvalue weighted by Gasteiger charge is 2.34. The Morgan fingerprint density at radius 3 is 2.10 bits per heavy atom. The van der Waals surface area contributed by atoms with E-state index in [1.54, 1.807) is 36.7 Å². The zero-order valence-electron chi connectivity index (χ0n) is 22.7. The number of aromatic nitrogens is 2. The number of ether oxygens (including phenoxy) is 2. The minimum absolute atomic E-state index is 0.0779.